The molecule has 0 bridgehead atoms. The summed E-state index contributed by atoms with van der Waals surface area (Å²) in [5.41, 5.74) is 0.648. The Morgan fingerprint density at radius 3 is 2.71 bits per heavy atom. The molecule has 6 heteroatoms. The Morgan fingerprint density at radius 1 is 1.33 bits per heavy atom. The van der Waals surface area contributed by atoms with Crippen LogP contribution in [0.5, 0.6) is 0 Å². The summed E-state index contributed by atoms with van der Waals surface area (Å²) in [7, 11) is -3.23. The molecule has 0 radical (unpaired) electrons. The van der Waals surface area contributed by atoms with Crippen LogP contribution in [0.4, 0.5) is 0 Å². The molecule has 2 rings (SSSR count). The number of hydrogen-bond acceptors (Lipinski definition) is 3. The molecular formula is C15H22N2O3S. The van der Waals surface area contributed by atoms with Gasteiger partial charge in [-0.2, -0.15) is 0 Å². The lowest BCUT2D eigenvalue weighted by molar-refractivity contribution is 0.0703. The SMILES string of the molecule is CCCS(=O)(=O)N[C@H]1CCCN(C(=O)c2ccccc2)C1. The van der Waals surface area contributed by atoms with E-state index in [1.165, 1.54) is 0 Å². The predicted octanol–water partition coefficient (Wildman–Crippen LogP) is 1.62. The van der Waals surface area contributed by atoms with Crippen molar-refractivity contribution in [1.82, 2.24) is 9.62 Å². The molecule has 5 nitrogen and oxygen atoms in total. The number of carbonyl (C=O) groups is 1. The summed E-state index contributed by atoms with van der Waals surface area (Å²) in [6, 6.07) is 8.93. The van der Waals surface area contributed by atoms with Crippen LogP contribution in [0.25, 0.3) is 0 Å². The molecule has 0 saturated carbocycles. The quantitative estimate of drug-likeness (QED) is 0.898. The topological polar surface area (TPSA) is 66.5 Å². The Labute approximate surface area is 126 Å². The number of sulfonamides is 1. The summed E-state index contributed by atoms with van der Waals surface area (Å²) in [6.07, 6.45) is 2.19. The van der Waals surface area contributed by atoms with Crippen molar-refractivity contribution in [2.75, 3.05) is 18.8 Å². The lowest BCUT2D eigenvalue weighted by Crippen LogP contribution is -2.49. The summed E-state index contributed by atoms with van der Waals surface area (Å²) in [6.45, 7) is 2.96. The second-order valence-electron chi connectivity index (χ2n) is 5.39. The molecule has 1 N–H and O–H groups in total. The molecule has 0 spiro atoms. The van der Waals surface area contributed by atoms with Crippen molar-refractivity contribution in [3.8, 4) is 0 Å². The third kappa shape index (κ3) is 4.54. The van der Waals surface area contributed by atoms with E-state index in [4.69, 9.17) is 0 Å². The number of nitrogens with one attached hydrogen (secondary N) is 1. The third-order valence-electron chi connectivity index (χ3n) is 3.55. The van der Waals surface area contributed by atoms with Crippen LogP contribution >= 0.6 is 0 Å². The lowest BCUT2D eigenvalue weighted by atomic mass is 10.1. The van der Waals surface area contributed by atoms with E-state index >= 15 is 0 Å². The van der Waals surface area contributed by atoms with Gasteiger partial charge in [-0.25, -0.2) is 13.1 Å². The van der Waals surface area contributed by atoms with Crippen LogP contribution in [-0.2, 0) is 10.0 Å². The number of rotatable bonds is 5. The van der Waals surface area contributed by atoms with E-state index < -0.39 is 10.0 Å². The minimum atomic E-state index is -3.23. The van der Waals surface area contributed by atoms with Gasteiger partial charge in [-0.15, -0.1) is 0 Å². The molecule has 1 saturated heterocycles. The van der Waals surface area contributed by atoms with Crippen molar-refractivity contribution in [3.63, 3.8) is 0 Å². The van der Waals surface area contributed by atoms with Crippen LogP contribution < -0.4 is 4.72 Å². The molecule has 116 valence electrons. The zero-order valence-electron chi connectivity index (χ0n) is 12.3. The van der Waals surface area contributed by atoms with E-state index in [1.807, 2.05) is 25.1 Å². The lowest BCUT2D eigenvalue weighted by Gasteiger charge is -2.33. The number of carbonyl (C=O) groups excluding carboxylic acids is 1. The van der Waals surface area contributed by atoms with Crippen LogP contribution in [0.3, 0.4) is 0 Å². The standard InChI is InChI=1S/C15H22N2O3S/c1-2-11-21(19,20)16-14-9-6-10-17(12-14)15(18)13-7-4-3-5-8-13/h3-5,7-8,14,16H,2,6,9-12H2,1H3/t14-/m0/s1. The second-order valence-corrected chi connectivity index (χ2v) is 7.27. The van der Waals surface area contributed by atoms with Crippen LogP contribution in [0.15, 0.2) is 30.3 Å². The van der Waals surface area contributed by atoms with Crippen molar-refractivity contribution < 1.29 is 13.2 Å². The van der Waals surface area contributed by atoms with Gasteiger partial charge in [0.25, 0.3) is 5.91 Å². The molecule has 0 aliphatic carbocycles. The Balaban J connectivity index is 1.99. The zero-order chi connectivity index (χ0) is 15.3. The Hall–Kier alpha value is -1.40. The highest BCUT2D eigenvalue weighted by molar-refractivity contribution is 7.89. The average molecular weight is 310 g/mol. The van der Waals surface area contributed by atoms with Gasteiger partial charge < -0.3 is 4.90 Å². The van der Waals surface area contributed by atoms with E-state index in [0.29, 0.717) is 25.1 Å². The number of nitrogens with zero attached hydrogens (tertiary/aromatic N) is 1. The molecular weight excluding hydrogens is 288 g/mol. The Morgan fingerprint density at radius 2 is 2.05 bits per heavy atom. The van der Waals surface area contributed by atoms with Crippen molar-refractivity contribution in [2.45, 2.75) is 32.2 Å². The average Bonchev–Trinajstić information content (AvgIpc) is 2.47. The van der Waals surface area contributed by atoms with Gasteiger partial charge in [-0.1, -0.05) is 25.1 Å². The van der Waals surface area contributed by atoms with Gasteiger partial charge in [-0.3, -0.25) is 4.79 Å². The van der Waals surface area contributed by atoms with Crippen molar-refractivity contribution in [3.05, 3.63) is 35.9 Å². The number of likely N-dealkylation sites (tertiary alicyclic amines) is 1. The second kappa shape index (κ2) is 7.04. The molecule has 1 amide bonds. The molecule has 21 heavy (non-hydrogen) atoms. The van der Waals surface area contributed by atoms with E-state index in [9.17, 15) is 13.2 Å². The molecule has 0 aromatic heterocycles. The molecule has 1 aromatic rings. The largest absolute Gasteiger partial charge is 0.337 e. The normalized spacial score (nSPS) is 19.5. The van der Waals surface area contributed by atoms with E-state index in [2.05, 4.69) is 4.72 Å². The Bertz CT molecular complexity index is 572. The van der Waals surface area contributed by atoms with Gasteiger partial charge in [0.1, 0.15) is 0 Å². The monoisotopic (exact) mass is 310 g/mol. The van der Waals surface area contributed by atoms with Crippen LogP contribution in [-0.4, -0.2) is 44.1 Å². The third-order valence-corrected chi connectivity index (χ3v) is 5.19. The van der Waals surface area contributed by atoms with Crippen LogP contribution in [0, 0.1) is 0 Å². The summed E-state index contributed by atoms with van der Waals surface area (Å²) < 4.78 is 26.4. The molecule has 1 atom stereocenters. The zero-order valence-corrected chi connectivity index (χ0v) is 13.1. The van der Waals surface area contributed by atoms with Gasteiger partial charge in [0.15, 0.2) is 0 Å². The highest BCUT2D eigenvalue weighted by atomic mass is 32.2. The fourth-order valence-electron chi connectivity index (χ4n) is 2.60. The highest BCUT2D eigenvalue weighted by Crippen LogP contribution is 2.14. The van der Waals surface area contributed by atoms with Crippen LogP contribution in [0.2, 0.25) is 0 Å². The molecule has 1 aromatic carbocycles. The van der Waals surface area contributed by atoms with E-state index in [0.717, 1.165) is 12.8 Å². The molecule has 1 heterocycles. The summed E-state index contributed by atoms with van der Waals surface area (Å²) in [5, 5.41) is 0. The number of amides is 1. The number of piperidine rings is 1. The highest BCUT2D eigenvalue weighted by Gasteiger charge is 2.26. The minimum Gasteiger partial charge on any atom is -0.337 e. The van der Waals surface area contributed by atoms with Gasteiger partial charge >= 0.3 is 0 Å². The van der Waals surface area contributed by atoms with Crippen molar-refractivity contribution in [1.29, 1.82) is 0 Å². The van der Waals surface area contributed by atoms with E-state index in [1.54, 1.807) is 17.0 Å². The number of benzene rings is 1. The summed E-state index contributed by atoms with van der Waals surface area (Å²) in [4.78, 5) is 14.1. The molecule has 1 fully saturated rings. The maximum Gasteiger partial charge on any atom is 0.253 e. The van der Waals surface area contributed by atoms with Gasteiger partial charge in [0, 0.05) is 24.7 Å². The van der Waals surface area contributed by atoms with Crippen molar-refractivity contribution >= 4 is 15.9 Å². The van der Waals surface area contributed by atoms with Crippen LogP contribution in [0.1, 0.15) is 36.5 Å². The smallest absolute Gasteiger partial charge is 0.253 e. The van der Waals surface area contributed by atoms with Crippen molar-refractivity contribution in [2.24, 2.45) is 0 Å². The molecule has 0 unspecified atom stereocenters. The predicted molar refractivity (Wildman–Crippen MR) is 82.6 cm³/mol. The first-order valence-corrected chi connectivity index (χ1v) is 9.01. The maximum absolute atomic E-state index is 12.4. The fraction of sp³-hybridized carbons (Fsp3) is 0.533. The van der Waals surface area contributed by atoms with E-state index in [-0.39, 0.29) is 17.7 Å². The fourth-order valence-corrected chi connectivity index (χ4v) is 3.96. The first-order chi connectivity index (χ1) is 10.0. The first-order valence-electron chi connectivity index (χ1n) is 7.36. The molecule has 1 aliphatic rings. The van der Waals surface area contributed by atoms with Gasteiger partial charge in [-0.05, 0) is 31.4 Å². The Kier molecular flexibility index (Phi) is 5.36. The molecule has 1 aliphatic heterocycles. The summed E-state index contributed by atoms with van der Waals surface area (Å²) >= 11 is 0. The van der Waals surface area contributed by atoms with Gasteiger partial charge in [0.2, 0.25) is 10.0 Å². The first kappa shape index (κ1) is 16.0. The minimum absolute atomic E-state index is 0.0324. The summed E-state index contributed by atoms with van der Waals surface area (Å²) in [5.74, 6) is 0.103. The maximum atomic E-state index is 12.4. The number of hydrogen-bond donors (Lipinski definition) is 1. The van der Waals surface area contributed by atoms with Gasteiger partial charge in [0.05, 0.1) is 5.75 Å².